The molecule has 1 aliphatic carbocycles. The zero-order valence-electron chi connectivity index (χ0n) is 8.75. The van der Waals surface area contributed by atoms with Crippen molar-refractivity contribution in [3.63, 3.8) is 0 Å². The van der Waals surface area contributed by atoms with Crippen molar-refractivity contribution in [2.24, 2.45) is 0 Å². The first kappa shape index (κ1) is 9.01. The lowest BCUT2D eigenvalue weighted by molar-refractivity contribution is 1.02. The molecule has 0 heterocycles. The zero-order valence-corrected chi connectivity index (χ0v) is 8.75. The van der Waals surface area contributed by atoms with Gasteiger partial charge in [0.25, 0.3) is 0 Å². The Morgan fingerprint density at radius 3 is 2.62 bits per heavy atom. The number of nitrogens with zero attached hydrogens (tertiary/aromatic N) is 1. The van der Waals surface area contributed by atoms with E-state index in [1.54, 1.807) is 0 Å². The topological polar surface area (TPSA) is 23.8 Å². The van der Waals surface area contributed by atoms with Crippen molar-refractivity contribution in [3.8, 4) is 17.9 Å². The Kier molecular flexibility index (Phi) is 1.92. The van der Waals surface area contributed by atoms with Gasteiger partial charge in [-0.05, 0) is 40.8 Å². The van der Waals surface area contributed by atoms with E-state index in [1.807, 2.05) is 12.1 Å². The summed E-state index contributed by atoms with van der Waals surface area (Å²) in [5.41, 5.74) is 3.78. The third-order valence-electron chi connectivity index (χ3n) is 3.13. The minimum Gasteiger partial charge on any atom is -0.183 e. The molecular formula is C15H9N. The van der Waals surface area contributed by atoms with Crippen LogP contribution in [0, 0.1) is 23.2 Å². The minimum absolute atomic E-state index is 0.962. The second-order valence-electron chi connectivity index (χ2n) is 3.97. The fraction of sp³-hybridized carbons (Fsp3) is 0.133. The Bertz CT molecular complexity index is 668. The molecule has 1 nitrogen and oxygen atoms in total. The lowest BCUT2D eigenvalue weighted by atomic mass is 10.0. The number of rotatable bonds is 0. The zero-order chi connectivity index (χ0) is 11.0. The molecule has 1 aliphatic rings. The van der Waals surface area contributed by atoms with Crippen LogP contribution in [0.1, 0.15) is 16.7 Å². The first-order valence-electron chi connectivity index (χ1n) is 5.34. The van der Waals surface area contributed by atoms with E-state index in [1.165, 1.54) is 21.9 Å². The number of hydrogen-bond donors (Lipinski definition) is 0. The summed E-state index contributed by atoms with van der Waals surface area (Å²) in [6.07, 6.45) is 2.25. The van der Waals surface area contributed by atoms with Crippen LogP contribution in [0.15, 0.2) is 30.3 Å². The summed E-state index contributed by atoms with van der Waals surface area (Å²) < 4.78 is 0. The van der Waals surface area contributed by atoms with Gasteiger partial charge in [0.05, 0.1) is 0 Å². The maximum atomic E-state index is 8.50. The molecule has 0 bridgehead atoms. The normalized spacial score (nSPS) is 11.9. The standard InChI is InChI=1S/C15H9N/c16-10-2-4-11-6-7-13-9-8-12-3-1-5-14(11)15(12)13/h1,3,5-7H,8-9H2. The first-order chi connectivity index (χ1) is 7.90. The highest BCUT2D eigenvalue weighted by Gasteiger charge is 2.14. The minimum atomic E-state index is 0.962. The van der Waals surface area contributed by atoms with Crippen LogP contribution in [-0.2, 0) is 12.8 Å². The van der Waals surface area contributed by atoms with Crippen molar-refractivity contribution in [2.75, 3.05) is 0 Å². The molecule has 1 heteroatoms. The largest absolute Gasteiger partial charge is 0.183 e. The van der Waals surface area contributed by atoms with E-state index < -0.39 is 0 Å². The van der Waals surface area contributed by atoms with Gasteiger partial charge in [0, 0.05) is 11.5 Å². The second kappa shape index (κ2) is 3.40. The molecule has 2 aromatic rings. The predicted molar refractivity (Wildman–Crippen MR) is 63.8 cm³/mol. The number of aryl methyl sites for hydroxylation is 2. The van der Waals surface area contributed by atoms with Gasteiger partial charge in [-0.15, -0.1) is 0 Å². The van der Waals surface area contributed by atoms with Gasteiger partial charge in [-0.3, -0.25) is 0 Å². The summed E-state index contributed by atoms with van der Waals surface area (Å²) in [4.78, 5) is 0. The number of hydrogen-bond acceptors (Lipinski definition) is 1. The van der Waals surface area contributed by atoms with Crippen LogP contribution >= 0.6 is 0 Å². The average molecular weight is 203 g/mol. The van der Waals surface area contributed by atoms with E-state index in [0.29, 0.717) is 0 Å². The van der Waals surface area contributed by atoms with E-state index in [2.05, 4.69) is 36.1 Å². The van der Waals surface area contributed by atoms with Crippen LogP contribution in [0.3, 0.4) is 0 Å². The van der Waals surface area contributed by atoms with Gasteiger partial charge >= 0.3 is 0 Å². The quantitative estimate of drug-likeness (QED) is 0.604. The molecule has 0 amide bonds. The Morgan fingerprint density at radius 2 is 1.81 bits per heavy atom. The Hall–Kier alpha value is -2.25. The van der Waals surface area contributed by atoms with Crippen LogP contribution in [0.4, 0.5) is 0 Å². The number of benzene rings is 2. The van der Waals surface area contributed by atoms with Gasteiger partial charge in [0.15, 0.2) is 6.07 Å². The van der Waals surface area contributed by atoms with Crippen molar-refractivity contribution in [2.45, 2.75) is 12.8 Å². The molecule has 0 aromatic heterocycles. The molecule has 74 valence electrons. The maximum absolute atomic E-state index is 8.50. The van der Waals surface area contributed by atoms with Crippen LogP contribution in [-0.4, -0.2) is 0 Å². The summed E-state index contributed by atoms with van der Waals surface area (Å²) in [6.45, 7) is 0. The molecule has 0 N–H and O–H groups in total. The second-order valence-corrected chi connectivity index (χ2v) is 3.97. The van der Waals surface area contributed by atoms with Crippen molar-refractivity contribution in [1.82, 2.24) is 0 Å². The maximum Gasteiger partial charge on any atom is 0.152 e. The molecule has 2 aromatic carbocycles. The van der Waals surface area contributed by atoms with E-state index in [-0.39, 0.29) is 0 Å². The summed E-state index contributed by atoms with van der Waals surface area (Å²) >= 11 is 0. The Labute approximate surface area is 94.3 Å². The predicted octanol–water partition coefficient (Wildman–Crippen LogP) is 2.81. The fourth-order valence-electron chi connectivity index (χ4n) is 2.45. The molecule has 0 aliphatic heterocycles. The number of nitriles is 1. The molecule has 0 saturated carbocycles. The van der Waals surface area contributed by atoms with Crippen molar-refractivity contribution in [3.05, 3.63) is 47.0 Å². The van der Waals surface area contributed by atoms with E-state index >= 15 is 0 Å². The van der Waals surface area contributed by atoms with Crippen molar-refractivity contribution in [1.29, 1.82) is 5.26 Å². The molecule has 3 rings (SSSR count). The fourth-order valence-corrected chi connectivity index (χ4v) is 2.45. The van der Waals surface area contributed by atoms with Gasteiger partial charge in [-0.25, -0.2) is 0 Å². The smallest absolute Gasteiger partial charge is 0.152 e. The van der Waals surface area contributed by atoms with Crippen molar-refractivity contribution < 1.29 is 0 Å². The van der Waals surface area contributed by atoms with Crippen LogP contribution in [0.5, 0.6) is 0 Å². The van der Waals surface area contributed by atoms with Gasteiger partial charge in [-0.2, -0.15) is 5.26 Å². The lowest BCUT2D eigenvalue weighted by Gasteiger charge is -2.03. The van der Waals surface area contributed by atoms with E-state index in [4.69, 9.17) is 5.26 Å². The third-order valence-corrected chi connectivity index (χ3v) is 3.13. The molecule has 16 heavy (non-hydrogen) atoms. The van der Waals surface area contributed by atoms with E-state index in [0.717, 1.165) is 18.4 Å². The first-order valence-corrected chi connectivity index (χ1v) is 5.34. The van der Waals surface area contributed by atoms with Crippen molar-refractivity contribution >= 4 is 10.8 Å². The van der Waals surface area contributed by atoms with Gasteiger partial charge in [0.2, 0.25) is 0 Å². The van der Waals surface area contributed by atoms with Crippen LogP contribution in [0.2, 0.25) is 0 Å². The highest BCUT2D eigenvalue weighted by atomic mass is 14.2. The highest BCUT2D eigenvalue weighted by molar-refractivity contribution is 5.95. The van der Waals surface area contributed by atoms with Crippen LogP contribution in [0.25, 0.3) is 10.8 Å². The van der Waals surface area contributed by atoms with Gasteiger partial charge < -0.3 is 0 Å². The summed E-state index contributed by atoms with van der Waals surface area (Å²) in [6, 6.07) is 12.4. The highest BCUT2D eigenvalue weighted by Crippen LogP contribution is 2.32. The van der Waals surface area contributed by atoms with Gasteiger partial charge in [-0.1, -0.05) is 30.2 Å². The monoisotopic (exact) mass is 203 g/mol. The van der Waals surface area contributed by atoms with Crippen LogP contribution < -0.4 is 0 Å². The summed E-state index contributed by atoms with van der Waals surface area (Å²) in [7, 11) is 0. The molecule has 0 unspecified atom stereocenters. The van der Waals surface area contributed by atoms with Gasteiger partial charge in [0.1, 0.15) is 0 Å². The molecule has 0 spiro atoms. The molecule has 0 fully saturated rings. The Morgan fingerprint density at radius 1 is 1.00 bits per heavy atom. The SMILES string of the molecule is N#CC#Cc1ccc2c3c(cccc13)CC2. The molecule has 0 saturated heterocycles. The third kappa shape index (κ3) is 1.19. The lowest BCUT2D eigenvalue weighted by Crippen LogP contribution is -1.83. The summed E-state index contributed by atoms with van der Waals surface area (Å²) in [5.74, 6) is 5.38. The summed E-state index contributed by atoms with van der Waals surface area (Å²) in [5, 5.41) is 11.0. The average Bonchev–Trinajstić information content (AvgIpc) is 2.74. The molecule has 0 atom stereocenters. The Balaban J connectivity index is 2.39. The molecular weight excluding hydrogens is 194 g/mol. The van der Waals surface area contributed by atoms with E-state index in [9.17, 15) is 0 Å². The molecule has 0 radical (unpaired) electrons.